The lowest BCUT2D eigenvalue weighted by atomic mass is 9.93. The molecule has 1 aliphatic carbocycles. The summed E-state index contributed by atoms with van der Waals surface area (Å²) in [5, 5.41) is 7.34. The van der Waals surface area contributed by atoms with Gasteiger partial charge in [0, 0.05) is 36.0 Å². The summed E-state index contributed by atoms with van der Waals surface area (Å²) in [6.45, 7) is 1.97. The van der Waals surface area contributed by atoms with E-state index in [1.807, 2.05) is 37.0 Å². The van der Waals surface area contributed by atoms with Crippen LogP contribution in [0.1, 0.15) is 57.5 Å². The highest BCUT2D eigenvalue weighted by Gasteiger charge is 2.24. The Labute approximate surface area is 139 Å². The summed E-state index contributed by atoms with van der Waals surface area (Å²) < 4.78 is 1.89. The fourth-order valence-electron chi connectivity index (χ4n) is 3.06. The van der Waals surface area contributed by atoms with E-state index in [1.54, 1.807) is 0 Å². The van der Waals surface area contributed by atoms with E-state index in [0.717, 1.165) is 34.6 Å². The molecular formula is C17H21N3O2S. The molecule has 0 bridgehead atoms. The molecule has 1 N–H and O–H groups in total. The number of hydrogen-bond acceptors (Lipinski definition) is 4. The van der Waals surface area contributed by atoms with Gasteiger partial charge in [0.15, 0.2) is 5.78 Å². The molecular weight excluding hydrogens is 310 g/mol. The Morgan fingerprint density at radius 1 is 1.39 bits per heavy atom. The van der Waals surface area contributed by atoms with Gasteiger partial charge in [-0.1, -0.05) is 0 Å². The lowest BCUT2D eigenvalue weighted by molar-refractivity contribution is -0.121. The van der Waals surface area contributed by atoms with Crippen molar-refractivity contribution in [2.24, 2.45) is 7.05 Å². The second-order valence-corrected chi connectivity index (χ2v) is 7.30. The van der Waals surface area contributed by atoms with Crippen LogP contribution in [0.2, 0.25) is 0 Å². The quantitative estimate of drug-likeness (QED) is 0.857. The Bertz CT molecular complexity index is 732. The highest BCUT2D eigenvalue weighted by molar-refractivity contribution is 7.14. The van der Waals surface area contributed by atoms with Gasteiger partial charge in [0.25, 0.3) is 0 Å². The molecule has 0 aliphatic heterocycles. The molecule has 0 saturated carbocycles. The van der Waals surface area contributed by atoms with Crippen LogP contribution in [0.4, 0.5) is 0 Å². The molecule has 0 fully saturated rings. The van der Waals surface area contributed by atoms with E-state index < -0.39 is 0 Å². The van der Waals surface area contributed by atoms with E-state index in [1.165, 1.54) is 17.0 Å². The van der Waals surface area contributed by atoms with Crippen molar-refractivity contribution in [1.82, 2.24) is 15.1 Å². The molecule has 0 spiro atoms. The summed E-state index contributed by atoms with van der Waals surface area (Å²) in [6, 6.07) is 3.80. The standard InChI is InChI=1S/C17H21N3O2S/c1-11-6-8-16(23-11)15(21)7-9-17(22)19-13-4-3-5-14-12(13)10-18-20(14)2/h6,8,10,13H,3-5,7,9H2,1-2H3,(H,19,22). The summed E-state index contributed by atoms with van der Waals surface area (Å²) in [6.07, 6.45) is 5.33. The number of thiophene rings is 1. The number of aromatic nitrogens is 2. The first kappa shape index (κ1) is 15.9. The van der Waals surface area contributed by atoms with Crippen molar-refractivity contribution in [2.75, 3.05) is 0 Å². The molecule has 6 heteroatoms. The van der Waals surface area contributed by atoms with Gasteiger partial charge in [-0.3, -0.25) is 14.3 Å². The molecule has 2 aromatic rings. The Morgan fingerprint density at radius 2 is 2.22 bits per heavy atom. The number of Topliss-reactive ketones (excluding diaryl/α,β-unsaturated/α-hetero) is 1. The summed E-state index contributed by atoms with van der Waals surface area (Å²) in [5.41, 5.74) is 2.32. The lowest BCUT2D eigenvalue weighted by Crippen LogP contribution is -2.31. The lowest BCUT2D eigenvalue weighted by Gasteiger charge is -2.23. The molecule has 122 valence electrons. The fourth-order valence-corrected chi connectivity index (χ4v) is 3.89. The van der Waals surface area contributed by atoms with Gasteiger partial charge in [0.05, 0.1) is 17.1 Å². The molecule has 23 heavy (non-hydrogen) atoms. The maximum absolute atomic E-state index is 12.2. The number of aryl methyl sites for hydroxylation is 2. The second-order valence-electron chi connectivity index (χ2n) is 6.02. The number of ketones is 1. The van der Waals surface area contributed by atoms with Gasteiger partial charge < -0.3 is 5.32 Å². The molecule has 2 aromatic heterocycles. The van der Waals surface area contributed by atoms with Crippen LogP contribution in [0.25, 0.3) is 0 Å². The zero-order valence-corrected chi connectivity index (χ0v) is 14.3. The Hall–Kier alpha value is -1.95. The van der Waals surface area contributed by atoms with Crippen LogP contribution in [0.3, 0.4) is 0 Å². The summed E-state index contributed by atoms with van der Waals surface area (Å²) in [4.78, 5) is 26.1. The predicted octanol–water partition coefficient (Wildman–Crippen LogP) is 2.95. The first-order chi connectivity index (χ1) is 11.0. The molecule has 5 nitrogen and oxygen atoms in total. The molecule has 0 radical (unpaired) electrons. The molecule has 1 aliphatic rings. The van der Waals surface area contributed by atoms with Gasteiger partial charge in [-0.15, -0.1) is 11.3 Å². The molecule has 2 heterocycles. The maximum atomic E-state index is 12.2. The third-order valence-corrected chi connectivity index (χ3v) is 5.35. The van der Waals surface area contributed by atoms with E-state index in [-0.39, 0.29) is 30.6 Å². The predicted molar refractivity (Wildman–Crippen MR) is 89.7 cm³/mol. The molecule has 3 rings (SSSR count). The average molecular weight is 331 g/mol. The maximum Gasteiger partial charge on any atom is 0.220 e. The van der Waals surface area contributed by atoms with Crippen LogP contribution in [0.15, 0.2) is 18.3 Å². The van der Waals surface area contributed by atoms with E-state index in [2.05, 4.69) is 10.4 Å². The first-order valence-corrected chi connectivity index (χ1v) is 8.76. The van der Waals surface area contributed by atoms with Gasteiger partial charge in [0.2, 0.25) is 5.91 Å². The zero-order valence-electron chi connectivity index (χ0n) is 13.5. The summed E-state index contributed by atoms with van der Waals surface area (Å²) >= 11 is 1.48. The van der Waals surface area contributed by atoms with Crippen molar-refractivity contribution < 1.29 is 9.59 Å². The SMILES string of the molecule is Cc1ccc(C(=O)CCC(=O)NC2CCCc3c2cnn3C)s1. The Kier molecular flexibility index (Phi) is 4.61. The second kappa shape index (κ2) is 6.66. The summed E-state index contributed by atoms with van der Waals surface area (Å²) in [7, 11) is 1.94. The van der Waals surface area contributed by atoms with Gasteiger partial charge in [0.1, 0.15) is 0 Å². The van der Waals surface area contributed by atoms with E-state index in [9.17, 15) is 9.59 Å². The van der Waals surface area contributed by atoms with Crippen LogP contribution in [0, 0.1) is 6.92 Å². The highest BCUT2D eigenvalue weighted by Crippen LogP contribution is 2.29. The number of amides is 1. The van der Waals surface area contributed by atoms with Crippen LogP contribution in [-0.2, 0) is 18.3 Å². The molecule has 0 aromatic carbocycles. The van der Waals surface area contributed by atoms with Crippen molar-refractivity contribution in [1.29, 1.82) is 0 Å². The number of hydrogen-bond donors (Lipinski definition) is 1. The number of fused-ring (bicyclic) bond motifs is 1. The van der Waals surface area contributed by atoms with Crippen molar-refractivity contribution in [3.05, 3.63) is 39.3 Å². The molecule has 1 atom stereocenters. The fraction of sp³-hybridized carbons (Fsp3) is 0.471. The molecule has 0 saturated heterocycles. The zero-order chi connectivity index (χ0) is 16.4. The molecule has 1 amide bonds. The number of carbonyl (C=O) groups is 2. The van der Waals surface area contributed by atoms with E-state index in [0.29, 0.717) is 0 Å². The van der Waals surface area contributed by atoms with Crippen LogP contribution in [-0.4, -0.2) is 21.5 Å². The topological polar surface area (TPSA) is 64.0 Å². The third-order valence-electron chi connectivity index (χ3n) is 4.31. The van der Waals surface area contributed by atoms with E-state index in [4.69, 9.17) is 0 Å². The summed E-state index contributed by atoms with van der Waals surface area (Å²) in [5.74, 6) is -0.0164. The normalized spacial score (nSPS) is 16.9. The van der Waals surface area contributed by atoms with Crippen LogP contribution in [0.5, 0.6) is 0 Å². The van der Waals surface area contributed by atoms with Crippen molar-refractivity contribution in [3.63, 3.8) is 0 Å². The Morgan fingerprint density at radius 3 is 2.96 bits per heavy atom. The number of rotatable bonds is 5. The van der Waals surface area contributed by atoms with E-state index >= 15 is 0 Å². The number of nitrogens with zero attached hydrogens (tertiary/aromatic N) is 2. The van der Waals surface area contributed by atoms with Gasteiger partial charge in [-0.2, -0.15) is 5.10 Å². The first-order valence-electron chi connectivity index (χ1n) is 7.94. The average Bonchev–Trinajstić information content (AvgIpc) is 3.12. The van der Waals surface area contributed by atoms with Gasteiger partial charge in [-0.05, 0) is 38.3 Å². The van der Waals surface area contributed by atoms with Crippen LogP contribution >= 0.6 is 11.3 Å². The van der Waals surface area contributed by atoms with Gasteiger partial charge >= 0.3 is 0 Å². The van der Waals surface area contributed by atoms with Gasteiger partial charge in [-0.25, -0.2) is 0 Å². The number of nitrogens with one attached hydrogen (secondary N) is 1. The minimum Gasteiger partial charge on any atom is -0.349 e. The highest BCUT2D eigenvalue weighted by atomic mass is 32.1. The van der Waals surface area contributed by atoms with Crippen LogP contribution < -0.4 is 5.32 Å². The minimum absolute atomic E-state index is 0.0269. The molecule has 1 unspecified atom stereocenters. The third kappa shape index (κ3) is 3.52. The monoisotopic (exact) mass is 331 g/mol. The van der Waals surface area contributed by atoms with Crippen molar-refractivity contribution in [3.8, 4) is 0 Å². The largest absolute Gasteiger partial charge is 0.349 e. The smallest absolute Gasteiger partial charge is 0.220 e. The van der Waals surface area contributed by atoms with Crippen molar-refractivity contribution in [2.45, 2.75) is 45.1 Å². The number of carbonyl (C=O) groups excluding carboxylic acids is 2. The van der Waals surface area contributed by atoms with Crippen molar-refractivity contribution >= 4 is 23.0 Å². The Balaban J connectivity index is 1.55. The minimum atomic E-state index is -0.0617.